The molecular formula is C21H26N8O2. The number of pyridine rings is 1. The van der Waals surface area contributed by atoms with Crippen LogP contribution in [0.2, 0.25) is 0 Å². The number of aromatic nitrogens is 4. The Hall–Kier alpha value is -3.69. The van der Waals surface area contributed by atoms with Gasteiger partial charge in [-0.15, -0.1) is 0 Å². The van der Waals surface area contributed by atoms with Gasteiger partial charge in [-0.2, -0.15) is 0 Å². The van der Waals surface area contributed by atoms with Gasteiger partial charge in [0.05, 0.1) is 17.9 Å². The first kappa shape index (κ1) is 20.6. The van der Waals surface area contributed by atoms with Crippen molar-refractivity contribution in [1.29, 1.82) is 0 Å². The van der Waals surface area contributed by atoms with Crippen molar-refractivity contribution in [1.82, 2.24) is 24.3 Å². The molecule has 4 rings (SSSR count). The maximum atomic E-state index is 12.2. The molecule has 3 aromatic heterocycles. The first-order chi connectivity index (χ1) is 15.0. The van der Waals surface area contributed by atoms with Crippen LogP contribution in [0.15, 0.2) is 30.9 Å². The molecular weight excluding hydrogens is 396 g/mol. The van der Waals surface area contributed by atoms with Crippen LogP contribution in [0.5, 0.6) is 0 Å². The monoisotopic (exact) mass is 422 g/mol. The van der Waals surface area contributed by atoms with Crippen LogP contribution in [0.25, 0.3) is 5.65 Å². The average Bonchev–Trinajstić information content (AvgIpc) is 3.54. The van der Waals surface area contributed by atoms with Gasteiger partial charge in [-0.05, 0) is 30.4 Å². The molecule has 1 aliphatic carbocycles. The minimum atomic E-state index is -0.153. The second-order valence-corrected chi connectivity index (χ2v) is 7.81. The van der Waals surface area contributed by atoms with Crippen molar-refractivity contribution < 1.29 is 9.59 Å². The van der Waals surface area contributed by atoms with Gasteiger partial charge in [-0.1, -0.05) is 0 Å². The van der Waals surface area contributed by atoms with Crippen LogP contribution < -0.4 is 15.5 Å². The van der Waals surface area contributed by atoms with Gasteiger partial charge >= 0.3 is 0 Å². The average molecular weight is 422 g/mol. The molecule has 0 bridgehead atoms. The smallest absolute Gasteiger partial charge is 0.242 e. The quantitative estimate of drug-likeness (QED) is 0.506. The van der Waals surface area contributed by atoms with Crippen LogP contribution in [0.3, 0.4) is 0 Å². The lowest BCUT2D eigenvalue weighted by Gasteiger charge is -2.20. The molecule has 2 N–H and O–H groups in total. The number of anilines is 3. The van der Waals surface area contributed by atoms with Crippen molar-refractivity contribution in [2.45, 2.75) is 25.3 Å². The van der Waals surface area contributed by atoms with E-state index in [0.29, 0.717) is 36.0 Å². The largest absolute Gasteiger partial charge is 0.373 e. The highest BCUT2D eigenvalue weighted by molar-refractivity contribution is 5.92. The highest BCUT2D eigenvalue weighted by Crippen LogP contribution is 2.41. The van der Waals surface area contributed by atoms with Gasteiger partial charge in [0.15, 0.2) is 5.65 Å². The Morgan fingerprint density at radius 3 is 2.68 bits per heavy atom. The number of hydrogen-bond donors (Lipinski definition) is 2. The fraction of sp³-hybridized carbons (Fsp3) is 0.381. The van der Waals surface area contributed by atoms with Crippen LogP contribution in [0.1, 0.15) is 30.0 Å². The molecule has 3 aromatic rings. The van der Waals surface area contributed by atoms with Crippen molar-refractivity contribution in [2.24, 2.45) is 0 Å². The van der Waals surface area contributed by atoms with Gasteiger partial charge in [0, 0.05) is 39.6 Å². The SMILES string of the molecule is CNc1cc(NCc2cn3cc(C4CC4)cc(N(C=O)CC(=O)N(C)C)c3n2)ncn1. The number of hydrogen-bond acceptors (Lipinski definition) is 7. The molecule has 0 unspecified atom stereocenters. The Balaban J connectivity index is 1.64. The van der Waals surface area contributed by atoms with Crippen LogP contribution in [-0.2, 0) is 16.1 Å². The number of amides is 2. The van der Waals surface area contributed by atoms with Gasteiger partial charge in [0.1, 0.15) is 24.5 Å². The van der Waals surface area contributed by atoms with Crippen LogP contribution in [0.4, 0.5) is 17.3 Å². The summed E-state index contributed by atoms with van der Waals surface area (Å²) in [7, 11) is 5.15. The third kappa shape index (κ3) is 4.57. The van der Waals surface area contributed by atoms with E-state index in [1.807, 2.05) is 22.7 Å². The van der Waals surface area contributed by atoms with Crippen molar-refractivity contribution in [3.05, 3.63) is 42.1 Å². The van der Waals surface area contributed by atoms with Gasteiger partial charge in [-0.3, -0.25) is 9.59 Å². The summed E-state index contributed by atoms with van der Waals surface area (Å²) < 4.78 is 1.94. The van der Waals surface area contributed by atoms with Gasteiger partial charge < -0.3 is 24.8 Å². The lowest BCUT2D eigenvalue weighted by Crippen LogP contribution is -2.36. The van der Waals surface area contributed by atoms with E-state index < -0.39 is 0 Å². The Kier molecular flexibility index (Phi) is 5.70. The van der Waals surface area contributed by atoms with E-state index in [4.69, 9.17) is 4.98 Å². The molecule has 3 heterocycles. The number of carbonyl (C=O) groups is 2. The topological polar surface area (TPSA) is 108 Å². The number of nitrogens with zero attached hydrogens (tertiary/aromatic N) is 6. The molecule has 0 saturated heterocycles. The second-order valence-electron chi connectivity index (χ2n) is 7.81. The highest BCUT2D eigenvalue weighted by Gasteiger charge is 2.26. The molecule has 0 radical (unpaired) electrons. The molecule has 31 heavy (non-hydrogen) atoms. The number of rotatable bonds is 9. The third-order valence-corrected chi connectivity index (χ3v) is 5.27. The first-order valence-electron chi connectivity index (χ1n) is 10.2. The van der Waals surface area contributed by atoms with E-state index in [1.165, 1.54) is 16.1 Å². The van der Waals surface area contributed by atoms with E-state index in [9.17, 15) is 9.59 Å². The molecule has 0 atom stereocenters. The summed E-state index contributed by atoms with van der Waals surface area (Å²) in [6, 6.07) is 3.80. The fourth-order valence-corrected chi connectivity index (χ4v) is 3.33. The van der Waals surface area contributed by atoms with Crippen LogP contribution in [-0.4, -0.2) is 64.3 Å². The van der Waals surface area contributed by atoms with E-state index in [2.05, 4.69) is 26.8 Å². The number of carbonyl (C=O) groups excluding carboxylic acids is 2. The fourth-order valence-electron chi connectivity index (χ4n) is 3.33. The Bertz CT molecular complexity index is 1110. The molecule has 10 nitrogen and oxygen atoms in total. The Morgan fingerprint density at radius 1 is 1.23 bits per heavy atom. The van der Waals surface area contributed by atoms with Gasteiger partial charge in [0.2, 0.25) is 12.3 Å². The lowest BCUT2D eigenvalue weighted by molar-refractivity contribution is -0.128. The summed E-state index contributed by atoms with van der Waals surface area (Å²) in [6.45, 7) is 0.423. The Labute approximate surface area is 180 Å². The zero-order chi connectivity index (χ0) is 22.0. The molecule has 2 amide bonds. The lowest BCUT2D eigenvalue weighted by atomic mass is 10.1. The maximum absolute atomic E-state index is 12.2. The predicted octanol–water partition coefficient (Wildman–Crippen LogP) is 1.71. The zero-order valence-electron chi connectivity index (χ0n) is 17.9. The highest BCUT2D eigenvalue weighted by atomic mass is 16.2. The third-order valence-electron chi connectivity index (χ3n) is 5.27. The standard InChI is InChI=1S/C21H26N8O2/c1-22-18-7-19(25-12-24-18)23-8-16-10-28-9-15(14-4-5-14)6-17(21(28)26-16)29(13-30)11-20(31)27(2)3/h6-7,9-10,12-14H,4-5,8,11H2,1-3H3,(H2,22,23,24,25). The van der Waals surface area contributed by atoms with E-state index in [1.54, 1.807) is 21.1 Å². The molecule has 162 valence electrons. The Morgan fingerprint density at radius 2 is 2.00 bits per heavy atom. The van der Waals surface area contributed by atoms with Crippen molar-refractivity contribution in [2.75, 3.05) is 43.2 Å². The number of likely N-dealkylation sites (N-methyl/N-ethyl adjacent to an activating group) is 1. The summed E-state index contributed by atoms with van der Waals surface area (Å²) in [6.07, 6.45) is 8.45. The van der Waals surface area contributed by atoms with E-state index in [0.717, 1.165) is 29.9 Å². The zero-order valence-corrected chi connectivity index (χ0v) is 17.9. The molecule has 0 aromatic carbocycles. The molecule has 1 saturated carbocycles. The van der Waals surface area contributed by atoms with Crippen molar-refractivity contribution in [3.8, 4) is 0 Å². The molecule has 1 fully saturated rings. The van der Waals surface area contributed by atoms with Gasteiger partial charge in [0.25, 0.3) is 0 Å². The van der Waals surface area contributed by atoms with Crippen LogP contribution >= 0.6 is 0 Å². The summed E-state index contributed by atoms with van der Waals surface area (Å²) in [5.41, 5.74) is 3.22. The predicted molar refractivity (Wildman–Crippen MR) is 118 cm³/mol. The normalized spacial score (nSPS) is 13.1. The van der Waals surface area contributed by atoms with Crippen LogP contribution in [0, 0.1) is 0 Å². The summed E-state index contributed by atoms with van der Waals surface area (Å²) in [5, 5.41) is 6.22. The van der Waals surface area contributed by atoms with Crippen molar-refractivity contribution in [3.63, 3.8) is 0 Å². The van der Waals surface area contributed by atoms with E-state index >= 15 is 0 Å². The maximum Gasteiger partial charge on any atom is 0.242 e. The van der Waals surface area contributed by atoms with Gasteiger partial charge in [-0.25, -0.2) is 15.0 Å². The minimum Gasteiger partial charge on any atom is -0.373 e. The number of nitrogens with one attached hydrogen (secondary N) is 2. The molecule has 10 heteroatoms. The molecule has 0 spiro atoms. The summed E-state index contributed by atoms with van der Waals surface area (Å²) in [5.74, 6) is 1.74. The molecule has 0 aliphatic heterocycles. The summed E-state index contributed by atoms with van der Waals surface area (Å²) in [4.78, 5) is 40.1. The van der Waals surface area contributed by atoms with Crippen molar-refractivity contribution >= 4 is 35.3 Å². The summed E-state index contributed by atoms with van der Waals surface area (Å²) >= 11 is 0. The second kappa shape index (κ2) is 8.58. The first-order valence-corrected chi connectivity index (χ1v) is 10.2. The van der Waals surface area contributed by atoms with E-state index in [-0.39, 0.29) is 12.5 Å². The molecule has 1 aliphatic rings. The number of imidazole rings is 1. The number of fused-ring (bicyclic) bond motifs is 1. The minimum absolute atomic E-state index is 0.0333.